The van der Waals surface area contributed by atoms with E-state index in [9.17, 15) is 19.2 Å². The predicted octanol–water partition coefficient (Wildman–Crippen LogP) is 8.12. The summed E-state index contributed by atoms with van der Waals surface area (Å²) in [6.07, 6.45) is 0.596. The van der Waals surface area contributed by atoms with Crippen LogP contribution < -0.4 is 35.5 Å². The van der Waals surface area contributed by atoms with Crippen LogP contribution in [0.15, 0.2) is 133 Å². The zero-order valence-corrected chi connectivity index (χ0v) is 27.7. The van der Waals surface area contributed by atoms with Crippen LogP contribution in [-0.4, -0.2) is 31.1 Å². The average Bonchev–Trinajstić information content (AvgIpc) is 3.41. The number of ether oxygens (including phenoxy) is 3. The highest BCUT2D eigenvalue weighted by Crippen LogP contribution is 2.35. The molecule has 0 radical (unpaired) electrons. The molecule has 0 fully saturated rings. The Morgan fingerprint density at radius 3 is 1.58 bits per heavy atom. The normalized spacial score (nSPS) is 11.9. The Morgan fingerprint density at radius 1 is 0.577 bits per heavy atom. The van der Waals surface area contributed by atoms with Gasteiger partial charge in [-0.2, -0.15) is 0 Å². The maximum Gasteiger partial charge on any atom is 0.266 e. The third-order valence-electron chi connectivity index (χ3n) is 8.33. The van der Waals surface area contributed by atoms with Crippen molar-refractivity contribution in [1.82, 2.24) is 0 Å². The van der Waals surface area contributed by atoms with Crippen LogP contribution in [0.4, 0.5) is 22.7 Å². The van der Waals surface area contributed by atoms with Crippen molar-refractivity contribution in [1.29, 1.82) is 0 Å². The zero-order chi connectivity index (χ0) is 36.4. The van der Waals surface area contributed by atoms with Crippen LogP contribution in [0.1, 0.15) is 41.4 Å². The van der Waals surface area contributed by atoms with Crippen molar-refractivity contribution in [3.63, 3.8) is 0 Å². The minimum atomic E-state index is -0.517. The summed E-state index contributed by atoms with van der Waals surface area (Å²) in [4.78, 5) is 54.8. The molecule has 0 bridgehead atoms. The van der Waals surface area contributed by atoms with Crippen molar-refractivity contribution < 1.29 is 33.4 Å². The highest BCUT2D eigenvalue weighted by molar-refractivity contribution is 6.34. The number of nitrogen functional groups attached to an aromatic ring is 2. The summed E-state index contributed by atoms with van der Waals surface area (Å²) >= 11 is 0. The number of carbonyl (C=O) groups is 4. The van der Waals surface area contributed by atoms with Crippen LogP contribution in [0.5, 0.6) is 34.5 Å². The average molecular weight is 691 g/mol. The molecule has 0 unspecified atom stereocenters. The van der Waals surface area contributed by atoms with Gasteiger partial charge in [0.1, 0.15) is 34.5 Å². The number of benzene rings is 6. The SMILES string of the molecule is CN(C(=O)c1cc(Oc2ccc3c(c2)C(=O)N(c2ccc(Oc4ccc(N)cc4)cc2)C3=O)ccc1C=O)c1ccc(Oc2ccc(N)cc2)cc1. The van der Waals surface area contributed by atoms with Gasteiger partial charge >= 0.3 is 0 Å². The molecule has 0 saturated heterocycles. The van der Waals surface area contributed by atoms with Gasteiger partial charge in [0.15, 0.2) is 6.29 Å². The first-order valence-electron chi connectivity index (χ1n) is 16.0. The predicted molar refractivity (Wildman–Crippen MR) is 197 cm³/mol. The lowest BCUT2D eigenvalue weighted by Crippen LogP contribution is -2.29. The maximum atomic E-state index is 13.6. The number of aldehydes is 1. The van der Waals surface area contributed by atoms with Gasteiger partial charge in [-0.3, -0.25) is 19.2 Å². The Morgan fingerprint density at radius 2 is 1.02 bits per heavy atom. The van der Waals surface area contributed by atoms with E-state index in [1.54, 1.807) is 116 Å². The summed E-state index contributed by atoms with van der Waals surface area (Å²) in [5, 5.41) is 0. The van der Waals surface area contributed by atoms with Gasteiger partial charge in [0.2, 0.25) is 0 Å². The van der Waals surface area contributed by atoms with Crippen molar-refractivity contribution in [2.24, 2.45) is 0 Å². The van der Waals surface area contributed by atoms with Crippen molar-refractivity contribution >= 4 is 46.8 Å². The largest absolute Gasteiger partial charge is 0.457 e. The molecule has 7 rings (SSSR count). The van der Waals surface area contributed by atoms with Gasteiger partial charge in [0.05, 0.1) is 22.4 Å². The fraction of sp³-hybridized carbons (Fsp3) is 0.0244. The Hall–Kier alpha value is -7.40. The van der Waals surface area contributed by atoms with E-state index in [0.717, 1.165) is 4.90 Å². The molecule has 0 saturated carbocycles. The van der Waals surface area contributed by atoms with E-state index in [0.29, 0.717) is 52.0 Å². The highest BCUT2D eigenvalue weighted by atomic mass is 16.5. The molecule has 11 nitrogen and oxygen atoms in total. The Bertz CT molecular complexity index is 2320. The first-order chi connectivity index (χ1) is 25.2. The van der Waals surface area contributed by atoms with Crippen molar-refractivity contribution in [3.05, 3.63) is 156 Å². The molecule has 0 atom stereocenters. The molecule has 11 heteroatoms. The van der Waals surface area contributed by atoms with E-state index in [1.165, 1.54) is 29.2 Å². The van der Waals surface area contributed by atoms with E-state index in [1.807, 2.05) is 0 Å². The minimum absolute atomic E-state index is 0.111. The van der Waals surface area contributed by atoms with E-state index in [2.05, 4.69) is 0 Å². The van der Waals surface area contributed by atoms with Gasteiger partial charge in [-0.05, 0) is 133 Å². The highest BCUT2D eigenvalue weighted by Gasteiger charge is 2.37. The summed E-state index contributed by atoms with van der Waals surface area (Å²) in [5.74, 6) is 1.35. The van der Waals surface area contributed by atoms with E-state index in [4.69, 9.17) is 25.7 Å². The molecule has 3 amide bonds. The molecule has 1 heterocycles. The number of carbonyl (C=O) groups excluding carboxylic acids is 4. The Labute approximate surface area is 298 Å². The molecule has 0 aromatic heterocycles. The lowest BCUT2D eigenvalue weighted by Gasteiger charge is -2.19. The monoisotopic (exact) mass is 690 g/mol. The molecule has 4 N–H and O–H groups in total. The molecule has 1 aliphatic rings. The summed E-state index contributed by atoms with van der Waals surface area (Å²) in [6.45, 7) is 0. The number of nitrogens with zero attached hydrogens (tertiary/aromatic N) is 2. The number of fused-ring (bicyclic) bond motifs is 1. The van der Waals surface area contributed by atoms with Crippen molar-refractivity contribution in [2.75, 3.05) is 28.3 Å². The van der Waals surface area contributed by atoms with Gasteiger partial charge < -0.3 is 30.6 Å². The number of rotatable bonds is 10. The molecule has 256 valence electrons. The van der Waals surface area contributed by atoms with Crippen LogP contribution >= 0.6 is 0 Å². The smallest absolute Gasteiger partial charge is 0.266 e. The number of nitrogens with two attached hydrogens (primary N) is 2. The topological polar surface area (TPSA) is 154 Å². The molecule has 0 spiro atoms. The van der Waals surface area contributed by atoms with Crippen LogP contribution in [-0.2, 0) is 0 Å². The molecule has 6 aromatic rings. The number of anilines is 4. The van der Waals surface area contributed by atoms with Crippen LogP contribution in [0.2, 0.25) is 0 Å². The number of hydrogen-bond donors (Lipinski definition) is 2. The molecule has 0 aliphatic carbocycles. The molecule has 6 aromatic carbocycles. The van der Waals surface area contributed by atoms with Gasteiger partial charge in [0, 0.05) is 29.7 Å². The number of hydrogen-bond acceptors (Lipinski definition) is 9. The number of imide groups is 1. The molecular formula is C41H30N4O7. The van der Waals surface area contributed by atoms with Crippen molar-refractivity contribution in [3.8, 4) is 34.5 Å². The molecule has 52 heavy (non-hydrogen) atoms. The fourth-order valence-electron chi connectivity index (χ4n) is 5.58. The lowest BCUT2D eigenvalue weighted by atomic mass is 10.1. The summed E-state index contributed by atoms with van der Waals surface area (Å²) < 4.78 is 17.7. The van der Waals surface area contributed by atoms with Gasteiger partial charge in [0.25, 0.3) is 17.7 Å². The third-order valence-corrected chi connectivity index (χ3v) is 8.33. The zero-order valence-electron chi connectivity index (χ0n) is 27.7. The quantitative estimate of drug-likeness (QED) is 0.0824. The van der Waals surface area contributed by atoms with E-state index < -0.39 is 17.7 Å². The van der Waals surface area contributed by atoms with Crippen LogP contribution in [0.3, 0.4) is 0 Å². The molecule has 1 aliphatic heterocycles. The van der Waals surface area contributed by atoms with E-state index >= 15 is 0 Å². The summed E-state index contributed by atoms with van der Waals surface area (Å²) in [6, 6.07) is 36.4. The van der Waals surface area contributed by atoms with Crippen LogP contribution in [0.25, 0.3) is 0 Å². The summed E-state index contributed by atoms with van der Waals surface area (Å²) in [5.41, 5.74) is 14.3. The van der Waals surface area contributed by atoms with Crippen LogP contribution in [0, 0.1) is 0 Å². The van der Waals surface area contributed by atoms with Gasteiger partial charge in [-0.15, -0.1) is 0 Å². The molecular weight excluding hydrogens is 660 g/mol. The Kier molecular flexibility index (Phi) is 8.82. The second-order valence-corrected chi connectivity index (χ2v) is 11.8. The first kappa shape index (κ1) is 33.1. The van der Waals surface area contributed by atoms with Gasteiger partial charge in [-0.25, -0.2) is 4.90 Å². The lowest BCUT2D eigenvalue weighted by molar-refractivity contribution is 0.0924. The fourth-order valence-corrected chi connectivity index (χ4v) is 5.58. The standard InChI is InChI=1S/C41H30N4O7/c1-44(28-7-16-32(17-8-28)50-30-12-3-26(42)4-13-30)39(47)37-22-34(11-2-25(37)24-46)52-35-20-21-36-38(23-35)41(49)45(40(36)48)29-9-18-33(19-10-29)51-31-14-5-27(43)6-15-31/h2-24H,42-43H2,1H3. The van der Waals surface area contributed by atoms with Crippen molar-refractivity contribution in [2.45, 2.75) is 0 Å². The maximum absolute atomic E-state index is 13.6. The first-order valence-corrected chi connectivity index (χ1v) is 16.0. The van der Waals surface area contributed by atoms with Gasteiger partial charge in [-0.1, -0.05) is 0 Å². The summed E-state index contributed by atoms with van der Waals surface area (Å²) in [7, 11) is 1.59. The second-order valence-electron chi connectivity index (χ2n) is 11.8. The Balaban J connectivity index is 1.05. The second kappa shape index (κ2) is 13.8. The number of amides is 3. The minimum Gasteiger partial charge on any atom is -0.457 e. The van der Waals surface area contributed by atoms with E-state index in [-0.39, 0.29) is 33.8 Å². The third kappa shape index (κ3) is 6.74.